The summed E-state index contributed by atoms with van der Waals surface area (Å²) in [4.78, 5) is 23.9. The van der Waals surface area contributed by atoms with Crippen LogP contribution in [-0.2, 0) is 14.5 Å². The number of aliphatic imine (C=N–C) groups is 1. The predicted octanol–water partition coefficient (Wildman–Crippen LogP) is 0.715. The smallest absolute Gasteiger partial charge is 0.320 e. The molecule has 0 unspecified atom stereocenters. The molecular weight excluding hydrogens is 198 g/mol. The molecule has 0 amide bonds. The molecule has 6 heteroatoms. The van der Waals surface area contributed by atoms with Crippen molar-refractivity contribution in [2.75, 3.05) is 13.7 Å². The molecule has 0 aliphatic carbocycles. The Morgan fingerprint density at radius 3 is 2.87 bits per heavy atom. The van der Waals surface area contributed by atoms with Crippen LogP contribution >= 0.6 is 0 Å². The van der Waals surface area contributed by atoms with Crippen molar-refractivity contribution in [1.29, 1.82) is 0 Å². The van der Waals surface area contributed by atoms with Crippen molar-refractivity contribution in [2.24, 2.45) is 10.1 Å². The average molecular weight is 211 g/mol. The van der Waals surface area contributed by atoms with Crippen LogP contribution in [0.1, 0.15) is 13.8 Å². The summed E-state index contributed by atoms with van der Waals surface area (Å²) in [6.45, 7) is 4.42. The van der Waals surface area contributed by atoms with Crippen molar-refractivity contribution in [2.45, 2.75) is 13.8 Å². The molecule has 0 aromatic rings. The van der Waals surface area contributed by atoms with Gasteiger partial charge in [0.15, 0.2) is 12.9 Å². The molecule has 0 N–H and O–H groups in total. The lowest BCUT2D eigenvalue weighted by atomic mass is 10.2. The fraction of sp³-hybridized carbons (Fsp3) is 0.444. The van der Waals surface area contributed by atoms with E-state index in [1.54, 1.807) is 7.05 Å². The molecule has 1 rings (SSSR count). The van der Waals surface area contributed by atoms with Gasteiger partial charge in [0.25, 0.3) is 0 Å². The highest BCUT2D eigenvalue weighted by Gasteiger charge is 2.17. The monoisotopic (exact) mass is 211 g/mol. The van der Waals surface area contributed by atoms with Crippen molar-refractivity contribution < 1.29 is 14.5 Å². The average Bonchev–Trinajstić information content (AvgIpc) is 2.19. The zero-order valence-electron chi connectivity index (χ0n) is 8.93. The Kier molecular flexibility index (Phi) is 3.84. The van der Waals surface area contributed by atoms with Crippen LogP contribution in [0.2, 0.25) is 0 Å². The molecule has 0 atom stereocenters. The minimum Gasteiger partial charge on any atom is -0.388 e. The third-order valence-corrected chi connectivity index (χ3v) is 1.80. The zero-order chi connectivity index (χ0) is 11.3. The molecule has 0 spiro atoms. The molecule has 15 heavy (non-hydrogen) atoms. The van der Waals surface area contributed by atoms with Crippen LogP contribution in [0.25, 0.3) is 0 Å². The molecule has 0 saturated carbocycles. The van der Waals surface area contributed by atoms with E-state index in [1.807, 2.05) is 13.8 Å². The van der Waals surface area contributed by atoms with E-state index in [4.69, 9.17) is 9.68 Å². The Labute approximate surface area is 87.8 Å². The van der Waals surface area contributed by atoms with E-state index in [0.29, 0.717) is 17.9 Å². The van der Waals surface area contributed by atoms with E-state index >= 15 is 0 Å². The van der Waals surface area contributed by atoms with Crippen LogP contribution in [0.15, 0.2) is 21.4 Å². The van der Waals surface area contributed by atoms with Crippen molar-refractivity contribution in [3.63, 3.8) is 0 Å². The predicted molar refractivity (Wildman–Crippen MR) is 55.2 cm³/mol. The second kappa shape index (κ2) is 5.14. The molecule has 1 aliphatic heterocycles. The third-order valence-electron chi connectivity index (χ3n) is 1.80. The fourth-order valence-electron chi connectivity index (χ4n) is 1.29. The topological polar surface area (TPSA) is 63.5 Å². The number of carbonyl (C=O) groups is 1. The summed E-state index contributed by atoms with van der Waals surface area (Å²) < 4.78 is 0. The third kappa shape index (κ3) is 2.80. The number of hydrogen-bond acceptors (Lipinski definition) is 6. The second-order valence-electron chi connectivity index (χ2n) is 3.12. The van der Waals surface area contributed by atoms with E-state index in [1.165, 1.54) is 11.4 Å². The first-order chi connectivity index (χ1) is 7.16. The molecule has 0 aromatic heterocycles. The van der Waals surface area contributed by atoms with Crippen molar-refractivity contribution >= 4 is 18.5 Å². The molecule has 0 fully saturated rings. The highest BCUT2D eigenvalue weighted by atomic mass is 16.7. The van der Waals surface area contributed by atoms with Crippen molar-refractivity contribution in [3.05, 3.63) is 11.3 Å². The summed E-state index contributed by atoms with van der Waals surface area (Å²) in [6, 6.07) is 0. The van der Waals surface area contributed by atoms with E-state index in [0.717, 1.165) is 5.57 Å². The lowest BCUT2D eigenvalue weighted by molar-refractivity contribution is -0.157. The summed E-state index contributed by atoms with van der Waals surface area (Å²) >= 11 is 0. The maximum atomic E-state index is 10.2. The minimum absolute atomic E-state index is 0.267. The highest BCUT2D eigenvalue weighted by molar-refractivity contribution is 6.05. The van der Waals surface area contributed by atoms with Gasteiger partial charge in [-0.3, -0.25) is 4.79 Å². The second-order valence-corrected chi connectivity index (χ2v) is 3.12. The van der Waals surface area contributed by atoms with Crippen LogP contribution in [-0.4, -0.2) is 37.2 Å². The molecule has 6 nitrogen and oxygen atoms in total. The van der Waals surface area contributed by atoms with Gasteiger partial charge in [-0.25, -0.2) is 10.1 Å². The van der Waals surface area contributed by atoms with Gasteiger partial charge >= 0.3 is 6.47 Å². The van der Waals surface area contributed by atoms with Crippen molar-refractivity contribution in [3.8, 4) is 0 Å². The first-order valence-corrected chi connectivity index (χ1v) is 4.39. The van der Waals surface area contributed by atoms with E-state index in [9.17, 15) is 4.79 Å². The quantitative estimate of drug-likeness (QED) is 0.507. The molecule has 1 aliphatic rings. The summed E-state index contributed by atoms with van der Waals surface area (Å²) in [5, 5.41) is 4.86. The van der Waals surface area contributed by atoms with Gasteiger partial charge in [-0.1, -0.05) is 5.16 Å². The molecular formula is C9H13N3O3. The summed E-state index contributed by atoms with van der Waals surface area (Å²) in [6.07, 6.45) is 1.32. The Balaban J connectivity index is 2.93. The normalized spacial score (nSPS) is 13.7. The Bertz CT molecular complexity index is 329. The molecule has 0 radical (unpaired) electrons. The largest absolute Gasteiger partial charge is 0.388 e. The number of oxime groups is 1. The van der Waals surface area contributed by atoms with Gasteiger partial charge in [-0.2, -0.15) is 0 Å². The van der Waals surface area contributed by atoms with Crippen molar-refractivity contribution in [1.82, 2.24) is 5.06 Å². The zero-order valence-corrected chi connectivity index (χ0v) is 8.93. The lowest BCUT2D eigenvalue weighted by Gasteiger charge is -2.22. The van der Waals surface area contributed by atoms with Gasteiger partial charge in [0.1, 0.15) is 5.71 Å². The van der Waals surface area contributed by atoms with Crippen LogP contribution in [0.3, 0.4) is 0 Å². The minimum atomic E-state index is 0.267. The molecule has 1 heterocycles. The SMILES string of the molecule is CC(C)=C(C1=NC=NOC1)N(C)OC=O. The molecule has 82 valence electrons. The lowest BCUT2D eigenvalue weighted by Crippen LogP contribution is -2.28. The van der Waals surface area contributed by atoms with Gasteiger partial charge in [-0.05, 0) is 19.4 Å². The number of rotatable bonds is 4. The van der Waals surface area contributed by atoms with Gasteiger partial charge in [0.2, 0.25) is 0 Å². The first-order valence-electron chi connectivity index (χ1n) is 4.39. The number of hydrogen-bond donors (Lipinski definition) is 0. The summed E-state index contributed by atoms with van der Waals surface area (Å²) in [7, 11) is 1.63. The van der Waals surface area contributed by atoms with E-state index in [2.05, 4.69) is 10.1 Å². The van der Waals surface area contributed by atoms with Crippen LogP contribution in [0.5, 0.6) is 0 Å². The number of hydroxylamine groups is 2. The number of nitrogens with zero attached hydrogens (tertiary/aromatic N) is 3. The standard InChI is InChI=1S/C9H13N3O3/c1-7(2)9(12(3)15-6-13)8-4-14-11-5-10-8/h5-6H,4H2,1-3H3. The Hall–Kier alpha value is -1.85. The molecule has 0 bridgehead atoms. The van der Waals surface area contributed by atoms with Gasteiger partial charge < -0.3 is 9.68 Å². The van der Waals surface area contributed by atoms with Crippen LogP contribution in [0, 0.1) is 0 Å². The Morgan fingerprint density at radius 2 is 2.40 bits per heavy atom. The summed E-state index contributed by atoms with van der Waals surface area (Å²) in [5.41, 5.74) is 2.36. The van der Waals surface area contributed by atoms with E-state index in [-0.39, 0.29) is 6.61 Å². The van der Waals surface area contributed by atoms with Gasteiger partial charge in [0, 0.05) is 7.05 Å². The highest BCUT2D eigenvalue weighted by Crippen LogP contribution is 2.12. The Morgan fingerprint density at radius 1 is 1.67 bits per heavy atom. The number of carbonyl (C=O) groups excluding carboxylic acids is 1. The van der Waals surface area contributed by atoms with Gasteiger partial charge in [-0.15, -0.1) is 0 Å². The first kappa shape index (κ1) is 11.2. The van der Waals surface area contributed by atoms with Crippen LogP contribution < -0.4 is 0 Å². The fourth-order valence-corrected chi connectivity index (χ4v) is 1.29. The van der Waals surface area contributed by atoms with Crippen LogP contribution in [0.4, 0.5) is 0 Å². The summed E-state index contributed by atoms with van der Waals surface area (Å²) in [5.74, 6) is 0. The molecule has 0 saturated heterocycles. The van der Waals surface area contributed by atoms with E-state index < -0.39 is 0 Å². The van der Waals surface area contributed by atoms with Gasteiger partial charge in [0.05, 0.1) is 5.70 Å². The maximum Gasteiger partial charge on any atom is 0.320 e. The molecule has 0 aromatic carbocycles. The maximum absolute atomic E-state index is 10.2. The number of allylic oxidation sites excluding steroid dienone is 1.